The van der Waals surface area contributed by atoms with Crippen LogP contribution in [0.4, 0.5) is 10.5 Å². The number of fused-ring (bicyclic) bond motifs is 1. The molecule has 6 nitrogen and oxygen atoms in total. The molecule has 2 aliphatic heterocycles. The monoisotopic (exact) mass is 381 g/mol. The first-order valence-electron chi connectivity index (χ1n) is 10.3. The number of amides is 2. The van der Waals surface area contributed by atoms with E-state index in [0.29, 0.717) is 0 Å². The highest BCUT2D eigenvalue weighted by Gasteiger charge is 2.32. The van der Waals surface area contributed by atoms with Crippen molar-refractivity contribution in [2.45, 2.75) is 44.6 Å². The van der Waals surface area contributed by atoms with Crippen LogP contribution in [0.15, 0.2) is 36.7 Å². The summed E-state index contributed by atoms with van der Waals surface area (Å²) in [6.07, 6.45) is 6.97. The van der Waals surface area contributed by atoms with Crippen molar-refractivity contribution in [2.24, 2.45) is 7.05 Å². The molecule has 2 aliphatic rings. The van der Waals surface area contributed by atoms with Gasteiger partial charge in [-0.25, -0.2) is 4.79 Å². The van der Waals surface area contributed by atoms with Gasteiger partial charge in [-0.15, -0.1) is 0 Å². The molecule has 0 aliphatic carbocycles. The molecule has 1 unspecified atom stereocenters. The summed E-state index contributed by atoms with van der Waals surface area (Å²) < 4.78 is 1.83. The first-order valence-corrected chi connectivity index (χ1v) is 10.3. The van der Waals surface area contributed by atoms with Gasteiger partial charge in [0, 0.05) is 50.9 Å². The van der Waals surface area contributed by atoms with Crippen LogP contribution in [0.3, 0.4) is 0 Å². The van der Waals surface area contributed by atoms with Gasteiger partial charge >= 0.3 is 6.03 Å². The van der Waals surface area contributed by atoms with Crippen LogP contribution in [0.2, 0.25) is 0 Å². The maximum Gasteiger partial charge on any atom is 0.317 e. The lowest BCUT2D eigenvalue weighted by Crippen LogP contribution is -2.53. The normalized spacial score (nSPS) is 21.8. The predicted molar refractivity (Wildman–Crippen MR) is 112 cm³/mol. The summed E-state index contributed by atoms with van der Waals surface area (Å²) in [7, 11) is 1.94. The first-order chi connectivity index (χ1) is 13.4. The van der Waals surface area contributed by atoms with E-state index in [9.17, 15) is 4.79 Å². The average Bonchev–Trinajstić information content (AvgIpc) is 3.06. The van der Waals surface area contributed by atoms with E-state index in [1.165, 1.54) is 11.1 Å². The minimum Gasteiger partial charge on any atom is -0.367 e. The lowest BCUT2D eigenvalue weighted by atomic mass is 9.82. The fraction of sp³-hybridized carbons (Fsp3) is 0.545. The summed E-state index contributed by atoms with van der Waals surface area (Å²) in [5.74, 6) is 0. The van der Waals surface area contributed by atoms with Crippen LogP contribution in [-0.4, -0.2) is 52.9 Å². The van der Waals surface area contributed by atoms with E-state index >= 15 is 0 Å². The molecule has 2 aromatic rings. The molecule has 3 heterocycles. The summed E-state index contributed by atoms with van der Waals surface area (Å²) in [5, 5.41) is 7.58. The van der Waals surface area contributed by atoms with Crippen molar-refractivity contribution in [3.05, 3.63) is 47.8 Å². The molecule has 150 valence electrons. The third kappa shape index (κ3) is 3.86. The van der Waals surface area contributed by atoms with E-state index in [4.69, 9.17) is 0 Å². The number of benzene rings is 1. The van der Waals surface area contributed by atoms with Crippen molar-refractivity contribution in [3.63, 3.8) is 0 Å². The number of hydrogen-bond acceptors (Lipinski definition) is 3. The molecule has 1 saturated heterocycles. The molecule has 2 amide bonds. The summed E-state index contributed by atoms with van der Waals surface area (Å²) in [4.78, 5) is 17.4. The Morgan fingerprint density at radius 1 is 1.25 bits per heavy atom. The average molecular weight is 382 g/mol. The number of urea groups is 1. The number of piperidine rings is 1. The van der Waals surface area contributed by atoms with E-state index in [2.05, 4.69) is 53.4 Å². The largest absolute Gasteiger partial charge is 0.367 e. The lowest BCUT2D eigenvalue weighted by Gasteiger charge is -2.36. The van der Waals surface area contributed by atoms with Crippen LogP contribution in [-0.2, 0) is 18.9 Å². The Kier molecular flexibility index (Phi) is 5.04. The number of rotatable bonds is 2. The molecule has 0 saturated carbocycles. The van der Waals surface area contributed by atoms with Crippen LogP contribution in [0, 0.1) is 0 Å². The number of anilines is 1. The molecule has 1 fully saturated rings. The summed E-state index contributed by atoms with van der Waals surface area (Å²) in [6.45, 7) is 7.85. The van der Waals surface area contributed by atoms with Gasteiger partial charge in [0.25, 0.3) is 0 Å². The standard InChI is InChI=1S/C22H31N5O/c1-22(2)16-27(12-10-17-7-4-5-9-20(17)22)21(28)24-18-8-6-11-26(14-18)19-13-23-25(3)15-19/h4-5,7,9,13,15,18H,6,8,10-12,14,16H2,1-3H3,(H,24,28). The second-order valence-electron chi connectivity index (χ2n) is 8.82. The predicted octanol–water partition coefficient (Wildman–Crippen LogP) is 2.93. The van der Waals surface area contributed by atoms with Crippen molar-refractivity contribution in [1.82, 2.24) is 20.0 Å². The van der Waals surface area contributed by atoms with Crippen molar-refractivity contribution < 1.29 is 4.79 Å². The maximum absolute atomic E-state index is 13.1. The Hall–Kier alpha value is -2.50. The Bertz CT molecular complexity index is 843. The van der Waals surface area contributed by atoms with Gasteiger partial charge in [0.1, 0.15) is 0 Å². The second-order valence-corrected chi connectivity index (χ2v) is 8.82. The van der Waals surface area contributed by atoms with E-state index < -0.39 is 0 Å². The molecule has 0 bridgehead atoms. The number of hydrogen-bond donors (Lipinski definition) is 1. The van der Waals surface area contributed by atoms with Gasteiger partial charge in [-0.2, -0.15) is 5.10 Å². The Balaban J connectivity index is 1.41. The fourth-order valence-electron chi connectivity index (χ4n) is 4.64. The lowest BCUT2D eigenvalue weighted by molar-refractivity contribution is 0.183. The van der Waals surface area contributed by atoms with Crippen molar-refractivity contribution in [1.29, 1.82) is 0 Å². The SMILES string of the molecule is Cn1cc(N2CCCC(NC(=O)N3CCc4ccccc4C(C)(C)C3)C2)cn1. The smallest absolute Gasteiger partial charge is 0.317 e. The van der Waals surface area contributed by atoms with Gasteiger partial charge in [0.15, 0.2) is 0 Å². The number of aromatic nitrogens is 2. The topological polar surface area (TPSA) is 53.4 Å². The summed E-state index contributed by atoms with van der Waals surface area (Å²) in [5.41, 5.74) is 3.82. The quantitative estimate of drug-likeness (QED) is 0.870. The zero-order valence-corrected chi connectivity index (χ0v) is 17.2. The molecule has 1 atom stereocenters. The van der Waals surface area contributed by atoms with Crippen LogP contribution in [0.25, 0.3) is 0 Å². The van der Waals surface area contributed by atoms with E-state index in [0.717, 1.165) is 51.1 Å². The number of carbonyl (C=O) groups is 1. The molecule has 6 heteroatoms. The molecule has 1 aromatic carbocycles. The van der Waals surface area contributed by atoms with Gasteiger partial charge in [0.2, 0.25) is 0 Å². The number of aryl methyl sites for hydroxylation is 1. The third-order valence-corrected chi connectivity index (χ3v) is 6.08. The summed E-state index contributed by atoms with van der Waals surface area (Å²) >= 11 is 0. The van der Waals surface area contributed by atoms with Crippen molar-refractivity contribution >= 4 is 11.7 Å². The van der Waals surface area contributed by atoms with Crippen molar-refractivity contribution in [3.8, 4) is 0 Å². The number of nitrogens with one attached hydrogen (secondary N) is 1. The maximum atomic E-state index is 13.1. The van der Waals surface area contributed by atoms with Crippen LogP contribution in [0.5, 0.6) is 0 Å². The molecule has 28 heavy (non-hydrogen) atoms. The van der Waals surface area contributed by atoms with Crippen molar-refractivity contribution in [2.75, 3.05) is 31.1 Å². The minimum absolute atomic E-state index is 0.0429. The van der Waals surface area contributed by atoms with Gasteiger partial charge in [-0.05, 0) is 30.4 Å². The van der Waals surface area contributed by atoms with Gasteiger partial charge < -0.3 is 15.1 Å². The number of carbonyl (C=O) groups excluding carboxylic acids is 1. The van der Waals surface area contributed by atoms with E-state index in [1.807, 2.05) is 29.0 Å². The fourth-order valence-corrected chi connectivity index (χ4v) is 4.64. The highest BCUT2D eigenvalue weighted by atomic mass is 16.2. The van der Waals surface area contributed by atoms with Crippen LogP contribution < -0.4 is 10.2 Å². The molecule has 4 rings (SSSR count). The molecular weight excluding hydrogens is 350 g/mol. The first kappa shape index (κ1) is 18.8. The molecule has 0 spiro atoms. The van der Waals surface area contributed by atoms with Gasteiger partial charge in [-0.3, -0.25) is 4.68 Å². The Labute approximate surface area is 167 Å². The van der Waals surface area contributed by atoms with E-state index in [-0.39, 0.29) is 17.5 Å². The van der Waals surface area contributed by atoms with E-state index in [1.54, 1.807) is 0 Å². The Morgan fingerprint density at radius 2 is 2.07 bits per heavy atom. The molecular formula is C22H31N5O. The molecule has 0 radical (unpaired) electrons. The minimum atomic E-state index is -0.0429. The highest BCUT2D eigenvalue weighted by molar-refractivity contribution is 5.75. The summed E-state index contributed by atoms with van der Waals surface area (Å²) in [6, 6.07) is 8.86. The zero-order valence-electron chi connectivity index (χ0n) is 17.2. The van der Waals surface area contributed by atoms with Crippen LogP contribution >= 0.6 is 0 Å². The van der Waals surface area contributed by atoms with Gasteiger partial charge in [0.05, 0.1) is 11.9 Å². The second kappa shape index (κ2) is 7.49. The zero-order chi connectivity index (χ0) is 19.7. The molecule has 1 aromatic heterocycles. The Morgan fingerprint density at radius 3 is 2.86 bits per heavy atom. The number of nitrogens with zero attached hydrogens (tertiary/aromatic N) is 4. The van der Waals surface area contributed by atoms with Crippen LogP contribution in [0.1, 0.15) is 37.8 Å². The highest BCUT2D eigenvalue weighted by Crippen LogP contribution is 2.31. The van der Waals surface area contributed by atoms with Gasteiger partial charge in [-0.1, -0.05) is 38.1 Å². The third-order valence-electron chi connectivity index (χ3n) is 6.08. The molecule has 1 N–H and O–H groups in total.